The van der Waals surface area contributed by atoms with Gasteiger partial charge in [-0.3, -0.25) is 13.9 Å². The van der Waals surface area contributed by atoms with Gasteiger partial charge in [0.1, 0.15) is 11.3 Å². The molecule has 0 aliphatic heterocycles. The number of pyridine rings is 2. The van der Waals surface area contributed by atoms with Gasteiger partial charge in [0.25, 0.3) is 5.91 Å². The van der Waals surface area contributed by atoms with Gasteiger partial charge in [-0.1, -0.05) is 25.1 Å². The Bertz CT molecular complexity index is 1490. The van der Waals surface area contributed by atoms with Gasteiger partial charge < -0.3 is 15.8 Å². The lowest BCUT2D eigenvalue weighted by Gasteiger charge is -2.09. The molecule has 5 aromatic rings. The van der Waals surface area contributed by atoms with Crippen molar-refractivity contribution in [3.05, 3.63) is 84.1 Å². The summed E-state index contributed by atoms with van der Waals surface area (Å²) in [7, 11) is 0. The van der Waals surface area contributed by atoms with Crippen molar-refractivity contribution < 1.29 is 9.53 Å². The zero-order valence-electron chi connectivity index (χ0n) is 19.5. The van der Waals surface area contributed by atoms with Crippen LogP contribution in [0.5, 0.6) is 5.88 Å². The number of benzene rings is 1. The minimum absolute atomic E-state index is 0.227. The van der Waals surface area contributed by atoms with E-state index in [1.165, 1.54) is 0 Å². The maximum Gasteiger partial charge on any atom is 0.274 e. The van der Waals surface area contributed by atoms with Crippen molar-refractivity contribution in [2.75, 3.05) is 18.5 Å². The van der Waals surface area contributed by atoms with Crippen LogP contribution in [0.1, 0.15) is 35.2 Å². The quantitative estimate of drug-likeness (QED) is 0.319. The molecule has 0 aliphatic carbocycles. The molecule has 9 nitrogen and oxygen atoms in total. The van der Waals surface area contributed by atoms with Crippen LogP contribution < -0.4 is 15.8 Å². The smallest absolute Gasteiger partial charge is 0.274 e. The molecule has 0 bridgehead atoms. The second-order valence-corrected chi connectivity index (χ2v) is 8.14. The van der Waals surface area contributed by atoms with Gasteiger partial charge in [0.05, 0.1) is 41.9 Å². The molecule has 0 atom stereocenters. The van der Waals surface area contributed by atoms with E-state index < -0.39 is 0 Å². The van der Waals surface area contributed by atoms with Crippen LogP contribution in [0, 0.1) is 0 Å². The number of hydrogen-bond acceptors (Lipinski definition) is 6. The number of carbonyl (C=O) groups is 1. The highest BCUT2D eigenvalue weighted by molar-refractivity contribution is 6.08. The van der Waals surface area contributed by atoms with Gasteiger partial charge in [0.2, 0.25) is 5.88 Å². The summed E-state index contributed by atoms with van der Waals surface area (Å²) >= 11 is 0. The van der Waals surface area contributed by atoms with Crippen LogP contribution in [0.25, 0.3) is 16.6 Å². The van der Waals surface area contributed by atoms with Crippen molar-refractivity contribution in [3.63, 3.8) is 0 Å². The Morgan fingerprint density at radius 1 is 1.11 bits per heavy atom. The minimum Gasteiger partial charge on any atom is -0.478 e. The molecule has 9 heteroatoms. The third-order valence-corrected chi connectivity index (χ3v) is 5.77. The number of imidazole rings is 1. The summed E-state index contributed by atoms with van der Waals surface area (Å²) in [6.07, 6.45) is 4.91. The largest absolute Gasteiger partial charge is 0.478 e. The Balaban J connectivity index is 1.44. The molecule has 4 aromatic heterocycles. The number of nitrogens with two attached hydrogens (primary N) is 1. The number of hydrogen-bond donors (Lipinski definition) is 2. The van der Waals surface area contributed by atoms with Crippen LogP contribution in [-0.4, -0.2) is 43.2 Å². The Morgan fingerprint density at radius 3 is 2.86 bits per heavy atom. The topological polar surface area (TPSA) is 112 Å². The molecule has 3 N–H and O–H groups in total. The van der Waals surface area contributed by atoms with Crippen LogP contribution in [0.2, 0.25) is 0 Å². The first-order valence-corrected chi connectivity index (χ1v) is 11.7. The summed E-state index contributed by atoms with van der Waals surface area (Å²) in [5, 5.41) is 8.83. The third-order valence-electron chi connectivity index (χ3n) is 5.77. The molecule has 35 heavy (non-hydrogen) atoms. The van der Waals surface area contributed by atoms with Crippen molar-refractivity contribution in [2.45, 2.75) is 26.3 Å². The second-order valence-electron chi connectivity index (χ2n) is 8.14. The highest BCUT2D eigenvalue weighted by atomic mass is 16.5. The van der Waals surface area contributed by atoms with Gasteiger partial charge in [0.15, 0.2) is 0 Å². The molecule has 178 valence electrons. The van der Waals surface area contributed by atoms with E-state index in [1.54, 1.807) is 10.6 Å². The summed E-state index contributed by atoms with van der Waals surface area (Å²) in [6.45, 7) is 3.65. The Hall–Kier alpha value is -4.24. The Morgan fingerprint density at radius 2 is 2.00 bits per heavy atom. The number of aryl methyl sites for hydroxylation is 1. The van der Waals surface area contributed by atoms with Crippen molar-refractivity contribution in [1.82, 2.24) is 24.1 Å². The van der Waals surface area contributed by atoms with Crippen molar-refractivity contribution >= 4 is 28.1 Å². The average Bonchev–Trinajstić information content (AvgIpc) is 3.47. The second kappa shape index (κ2) is 9.94. The molecule has 0 spiro atoms. The molecule has 0 saturated carbocycles. The number of anilines is 1. The van der Waals surface area contributed by atoms with Gasteiger partial charge in [-0.2, -0.15) is 5.10 Å². The van der Waals surface area contributed by atoms with E-state index in [0.717, 1.165) is 40.8 Å². The zero-order valence-corrected chi connectivity index (χ0v) is 19.5. The van der Waals surface area contributed by atoms with E-state index in [-0.39, 0.29) is 5.91 Å². The van der Waals surface area contributed by atoms with E-state index in [4.69, 9.17) is 15.6 Å². The van der Waals surface area contributed by atoms with Crippen molar-refractivity contribution in [2.24, 2.45) is 5.73 Å². The zero-order chi connectivity index (χ0) is 24.2. The van der Waals surface area contributed by atoms with Crippen molar-refractivity contribution in [1.29, 1.82) is 0 Å². The van der Waals surface area contributed by atoms with E-state index in [2.05, 4.69) is 22.2 Å². The number of fused-ring (bicyclic) bond motifs is 2. The molecule has 0 saturated heterocycles. The molecule has 4 heterocycles. The summed E-state index contributed by atoms with van der Waals surface area (Å²) in [6, 6.07) is 17.2. The highest BCUT2D eigenvalue weighted by Crippen LogP contribution is 2.28. The number of amides is 1. The van der Waals surface area contributed by atoms with E-state index in [1.807, 2.05) is 65.5 Å². The SMILES string of the molecule is CCc1nn(Cc2cccc(OCCCN)n2)c2cccc(NC(=O)c3cnc4ccccn34)c12. The molecule has 0 unspecified atom stereocenters. The van der Waals surface area contributed by atoms with E-state index in [9.17, 15) is 4.79 Å². The van der Waals surface area contributed by atoms with Gasteiger partial charge in [-0.15, -0.1) is 0 Å². The van der Waals surface area contributed by atoms with Gasteiger partial charge in [0, 0.05) is 17.6 Å². The van der Waals surface area contributed by atoms with Crippen LogP contribution >= 0.6 is 0 Å². The lowest BCUT2D eigenvalue weighted by atomic mass is 10.1. The fourth-order valence-electron chi connectivity index (χ4n) is 4.11. The molecule has 0 fully saturated rings. The van der Waals surface area contributed by atoms with Crippen molar-refractivity contribution in [3.8, 4) is 5.88 Å². The fourth-order valence-corrected chi connectivity index (χ4v) is 4.11. The summed E-state index contributed by atoms with van der Waals surface area (Å²) in [5.41, 5.74) is 10.1. The first kappa shape index (κ1) is 22.5. The van der Waals surface area contributed by atoms with Crippen LogP contribution in [0.4, 0.5) is 5.69 Å². The molecular weight excluding hydrogens is 442 g/mol. The minimum atomic E-state index is -0.227. The molecule has 1 aromatic carbocycles. The lowest BCUT2D eigenvalue weighted by molar-refractivity contribution is 0.102. The Labute approximate surface area is 202 Å². The molecule has 1 amide bonds. The summed E-state index contributed by atoms with van der Waals surface area (Å²) in [5.74, 6) is 0.346. The lowest BCUT2D eigenvalue weighted by Crippen LogP contribution is -2.14. The first-order chi connectivity index (χ1) is 17.2. The molecule has 0 radical (unpaired) electrons. The third kappa shape index (κ3) is 4.58. The van der Waals surface area contributed by atoms with Gasteiger partial charge in [-0.05, 0) is 49.7 Å². The number of rotatable bonds is 9. The predicted molar refractivity (Wildman–Crippen MR) is 135 cm³/mol. The normalized spacial score (nSPS) is 11.3. The summed E-state index contributed by atoms with van der Waals surface area (Å²) in [4.78, 5) is 22.1. The Kier molecular flexibility index (Phi) is 6.40. The fraction of sp³-hybridized carbons (Fsp3) is 0.231. The molecular formula is C26H27N7O2. The summed E-state index contributed by atoms with van der Waals surface area (Å²) < 4.78 is 9.38. The molecule has 5 rings (SSSR count). The first-order valence-electron chi connectivity index (χ1n) is 11.7. The number of nitrogens with one attached hydrogen (secondary N) is 1. The van der Waals surface area contributed by atoms with E-state index in [0.29, 0.717) is 37.0 Å². The van der Waals surface area contributed by atoms with Gasteiger partial charge in [-0.25, -0.2) is 9.97 Å². The monoisotopic (exact) mass is 469 g/mol. The van der Waals surface area contributed by atoms with Gasteiger partial charge >= 0.3 is 0 Å². The highest BCUT2D eigenvalue weighted by Gasteiger charge is 2.18. The van der Waals surface area contributed by atoms with Crippen LogP contribution in [0.3, 0.4) is 0 Å². The number of aromatic nitrogens is 5. The molecule has 0 aliphatic rings. The maximum absolute atomic E-state index is 13.1. The maximum atomic E-state index is 13.1. The average molecular weight is 470 g/mol. The van der Waals surface area contributed by atoms with E-state index >= 15 is 0 Å². The standard InChI is InChI=1S/C26H27N7O2/c1-2-19-25-20(30-26(34)22-16-28-23-11-3-4-14-32(22)23)9-6-10-21(25)33(31-19)17-18-8-5-12-24(29-18)35-15-7-13-27/h3-6,8-12,14,16H,2,7,13,15,17,27H2,1H3,(H,30,34). The number of carbonyl (C=O) groups excluding carboxylic acids is 1. The predicted octanol–water partition coefficient (Wildman–Crippen LogP) is 3.67. The van der Waals surface area contributed by atoms with Crippen LogP contribution in [0.15, 0.2) is 67.0 Å². The van der Waals surface area contributed by atoms with Crippen LogP contribution in [-0.2, 0) is 13.0 Å². The number of nitrogens with zero attached hydrogens (tertiary/aromatic N) is 5. The number of ether oxygens (including phenoxy) is 1.